The lowest BCUT2D eigenvalue weighted by Crippen LogP contribution is -2.40. The molecule has 2 heterocycles. The van der Waals surface area contributed by atoms with Crippen molar-refractivity contribution >= 4 is 6.20 Å². The van der Waals surface area contributed by atoms with Gasteiger partial charge in [0, 0.05) is 6.92 Å². The Kier molecular flexibility index (Phi) is 4.83. The van der Waals surface area contributed by atoms with Crippen molar-refractivity contribution in [2.24, 2.45) is 5.92 Å². The Bertz CT molecular complexity index is 1320. The molecule has 1 fully saturated rings. The van der Waals surface area contributed by atoms with Gasteiger partial charge in [0.15, 0.2) is 11.4 Å². The zero-order valence-electron chi connectivity index (χ0n) is 19.5. The van der Waals surface area contributed by atoms with Gasteiger partial charge in [0.2, 0.25) is 0 Å². The van der Waals surface area contributed by atoms with Gasteiger partial charge in [-0.25, -0.2) is 0 Å². The SMILES string of the molecule is Cc1ccccc1-n1c(C)c2[n+](c1-c1ccccc1)C=CC2(c1ccccc1)C1CCCC1. The summed E-state index contributed by atoms with van der Waals surface area (Å²) in [5.41, 5.74) is 7.91. The van der Waals surface area contributed by atoms with Gasteiger partial charge in [0.1, 0.15) is 5.69 Å². The fourth-order valence-corrected chi connectivity index (χ4v) is 6.43. The van der Waals surface area contributed by atoms with E-state index in [1.54, 1.807) is 0 Å². The van der Waals surface area contributed by atoms with Crippen LogP contribution in [-0.2, 0) is 5.41 Å². The fraction of sp³-hybridized carbons (Fsp3) is 0.258. The molecule has 4 aromatic rings. The molecule has 0 spiro atoms. The van der Waals surface area contributed by atoms with Gasteiger partial charge in [-0.05, 0) is 61.1 Å². The summed E-state index contributed by atoms with van der Waals surface area (Å²) in [7, 11) is 0. The first-order valence-electron chi connectivity index (χ1n) is 12.3. The number of fused-ring (bicyclic) bond motifs is 1. The van der Waals surface area contributed by atoms with Crippen LogP contribution in [-0.4, -0.2) is 4.57 Å². The number of imidazole rings is 1. The van der Waals surface area contributed by atoms with Gasteiger partial charge in [-0.3, -0.25) is 0 Å². The van der Waals surface area contributed by atoms with Gasteiger partial charge in [-0.15, -0.1) is 0 Å². The number of hydrogen-bond donors (Lipinski definition) is 0. The molecule has 1 aliphatic carbocycles. The third kappa shape index (κ3) is 2.97. The first-order chi connectivity index (χ1) is 16.2. The first kappa shape index (κ1) is 20.2. The van der Waals surface area contributed by atoms with Crippen LogP contribution in [0.3, 0.4) is 0 Å². The van der Waals surface area contributed by atoms with E-state index in [0.29, 0.717) is 5.92 Å². The Balaban J connectivity index is 1.70. The van der Waals surface area contributed by atoms with E-state index in [-0.39, 0.29) is 5.41 Å². The molecule has 2 nitrogen and oxygen atoms in total. The van der Waals surface area contributed by atoms with Crippen molar-refractivity contribution in [1.29, 1.82) is 0 Å². The van der Waals surface area contributed by atoms with Crippen molar-refractivity contribution < 1.29 is 4.57 Å². The molecule has 0 radical (unpaired) electrons. The third-order valence-corrected chi connectivity index (χ3v) is 7.88. The molecule has 0 N–H and O–H groups in total. The second-order valence-corrected chi connectivity index (χ2v) is 9.65. The molecule has 0 amide bonds. The maximum atomic E-state index is 2.51. The molecule has 2 aliphatic rings. The van der Waals surface area contributed by atoms with Crippen LogP contribution < -0.4 is 4.57 Å². The van der Waals surface area contributed by atoms with Crippen molar-refractivity contribution in [1.82, 2.24) is 4.57 Å². The highest BCUT2D eigenvalue weighted by molar-refractivity contribution is 5.63. The minimum atomic E-state index is -0.0840. The molecule has 33 heavy (non-hydrogen) atoms. The predicted molar refractivity (Wildman–Crippen MR) is 135 cm³/mol. The monoisotopic (exact) mass is 431 g/mol. The second-order valence-electron chi connectivity index (χ2n) is 9.65. The summed E-state index contributed by atoms with van der Waals surface area (Å²) in [5, 5.41) is 0. The predicted octanol–water partition coefficient (Wildman–Crippen LogP) is 7.01. The van der Waals surface area contributed by atoms with E-state index in [4.69, 9.17) is 0 Å². The van der Waals surface area contributed by atoms with Crippen LogP contribution in [0.5, 0.6) is 0 Å². The zero-order chi connectivity index (χ0) is 22.4. The summed E-state index contributed by atoms with van der Waals surface area (Å²) in [5.74, 6) is 1.87. The highest BCUT2D eigenvalue weighted by Crippen LogP contribution is 2.50. The molecule has 3 aromatic carbocycles. The highest BCUT2D eigenvalue weighted by atomic mass is 15.2. The van der Waals surface area contributed by atoms with Crippen LogP contribution in [0.4, 0.5) is 0 Å². The van der Waals surface area contributed by atoms with Crippen LogP contribution in [0, 0.1) is 19.8 Å². The summed E-state index contributed by atoms with van der Waals surface area (Å²) >= 11 is 0. The summed E-state index contributed by atoms with van der Waals surface area (Å²) in [6, 6.07) is 30.9. The van der Waals surface area contributed by atoms with E-state index < -0.39 is 0 Å². The van der Waals surface area contributed by atoms with E-state index in [2.05, 4.69) is 120 Å². The summed E-state index contributed by atoms with van der Waals surface area (Å²) in [6.45, 7) is 4.54. The molecule has 2 heteroatoms. The molecule has 1 atom stereocenters. The molecule has 1 saturated carbocycles. The molecule has 0 bridgehead atoms. The Morgan fingerprint density at radius 3 is 2.12 bits per heavy atom. The van der Waals surface area contributed by atoms with Crippen LogP contribution in [0.25, 0.3) is 23.3 Å². The van der Waals surface area contributed by atoms with Crippen molar-refractivity contribution in [2.45, 2.75) is 44.9 Å². The maximum Gasteiger partial charge on any atom is 0.299 e. The van der Waals surface area contributed by atoms with E-state index in [9.17, 15) is 0 Å². The average Bonchev–Trinajstić information content (AvgIpc) is 3.58. The zero-order valence-corrected chi connectivity index (χ0v) is 19.5. The lowest BCUT2D eigenvalue weighted by molar-refractivity contribution is -0.561. The number of aromatic nitrogens is 2. The molecule has 1 unspecified atom stereocenters. The Morgan fingerprint density at radius 2 is 1.42 bits per heavy atom. The minimum absolute atomic E-state index is 0.0840. The number of aryl methyl sites for hydroxylation is 1. The lowest BCUT2D eigenvalue weighted by Gasteiger charge is -2.32. The summed E-state index contributed by atoms with van der Waals surface area (Å²) in [4.78, 5) is 0. The number of nitrogens with zero attached hydrogens (tertiary/aromatic N) is 2. The maximum absolute atomic E-state index is 2.51. The average molecular weight is 432 g/mol. The summed E-state index contributed by atoms with van der Waals surface area (Å²) in [6.07, 6.45) is 10.1. The summed E-state index contributed by atoms with van der Waals surface area (Å²) < 4.78 is 4.98. The van der Waals surface area contributed by atoms with Crippen LogP contribution in [0.15, 0.2) is 91.0 Å². The number of rotatable bonds is 4. The van der Waals surface area contributed by atoms with Crippen molar-refractivity contribution in [3.8, 4) is 17.1 Å². The quantitative estimate of drug-likeness (QED) is 0.307. The molecule has 0 saturated heterocycles. The van der Waals surface area contributed by atoms with E-state index in [1.165, 1.54) is 65.3 Å². The van der Waals surface area contributed by atoms with Crippen LogP contribution in [0.1, 0.15) is 48.2 Å². The Labute approximate surface area is 196 Å². The first-order valence-corrected chi connectivity index (χ1v) is 12.3. The van der Waals surface area contributed by atoms with E-state index in [1.807, 2.05) is 0 Å². The van der Waals surface area contributed by atoms with Gasteiger partial charge in [-0.1, -0.05) is 79.6 Å². The Morgan fingerprint density at radius 1 is 0.788 bits per heavy atom. The number of allylic oxidation sites excluding steroid dienone is 1. The lowest BCUT2D eigenvalue weighted by atomic mass is 9.67. The van der Waals surface area contributed by atoms with Crippen molar-refractivity contribution in [3.05, 3.63) is 114 Å². The highest BCUT2D eigenvalue weighted by Gasteiger charge is 2.52. The molecular weight excluding hydrogens is 400 g/mol. The molecule has 164 valence electrons. The number of para-hydroxylation sites is 1. The van der Waals surface area contributed by atoms with Gasteiger partial charge in [0.25, 0.3) is 5.82 Å². The fourth-order valence-electron chi connectivity index (χ4n) is 6.43. The third-order valence-electron chi connectivity index (χ3n) is 7.88. The normalized spacial score (nSPS) is 19.8. The molecule has 1 aliphatic heterocycles. The van der Waals surface area contributed by atoms with Gasteiger partial charge < -0.3 is 0 Å². The smallest absolute Gasteiger partial charge is 0.198 e. The van der Waals surface area contributed by atoms with E-state index in [0.717, 1.165) is 0 Å². The topological polar surface area (TPSA) is 8.81 Å². The largest absolute Gasteiger partial charge is 0.299 e. The molecule has 1 aromatic heterocycles. The minimum Gasteiger partial charge on any atom is -0.198 e. The van der Waals surface area contributed by atoms with Crippen LogP contribution >= 0.6 is 0 Å². The van der Waals surface area contributed by atoms with Gasteiger partial charge in [0.05, 0.1) is 17.2 Å². The standard InChI is InChI=1S/C31H31N2/c1-23-13-9-12-20-28(23)33-24(2)29-31(27-18-10-11-19-27,26-16-7-4-8-17-26)21-22-32(29)30(33)25-14-5-3-6-15-25/h3-9,12-17,20-22,27H,10-11,18-19H2,1-2H3/q+1. The van der Waals surface area contributed by atoms with Crippen molar-refractivity contribution in [2.75, 3.05) is 0 Å². The van der Waals surface area contributed by atoms with Gasteiger partial charge in [-0.2, -0.15) is 9.13 Å². The van der Waals surface area contributed by atoms with Gasteiger partial charge >= 0.3 is 0 Å². The molecule has 6 rings (SSSR count). The van der Waals surface area contributed by atoms with E-state index >= 15 is 0 Å². The Hall–Kier alpha value is -3.39. The van der Waals surface area contributed by atoms with Crippen LogP contribution in [0.2, 0.25) is 0 Å². The molecular formula is C31H31N2+. The number of hydrogen-bond acceptors (Lipinski definition) is 0. The second kappa shape index (κ2) is 7.88. The number of benzene rings is 3. The van der Waals surface area contributed by atoms with Crippen molar-refractivity contribution in [3.63, 3.8) is 0 Å².